The van der Waals surface area contributed by atoms with Crippen LogP contribution < -0.4 is 11.0 Å². The van der Waals surface area contributed by atoms with Gasteiger partial charge >= 0.3 is 5.69 Å². The quantitative estimate of drug-likeness (QED) is 0.616. The van der Waals surface area contributed by atoms with E-state index in [2.05, 4.69) is 27.6 Å². The Morgan fingerprint density at radius 1 is 1.27 bits per heavy atom. The molecule has 9 heteroatoms. The molecule has 2 saturated heterocycles. The molecule has 4 rings (SSSR count). The normalized spacial score (nSPS) is 20.9. The minimum absolute atomic E-state index is 0.0349. The van der Waals surface area contributed by atoms with Crippen LogP contribution in [0.4, 0.5) is 0 Å². The highest BCUT2D eigenvalue weighted by atomic mass is 32.2. The topological polar surface area (TPSA) is 98.2 Å². The number of benzene rings is 1. The minimum Gasteiger partial charge on any atom is -0.381 e. The van der Waals surface area contributed by atoms with Crippen LogP contribution in [0.5, 0.6) is 0 Å². The molecule has 0 aliphatic carbocycles. The second kappa shape index (κ2) is 9.80. The van der Waals surface area contributed by atoms with Crippen molar-refractivity contribution in [2.75, 3.05) is 32.1 Å². The summed E-state index contributed by atoms with van der Waals surface area (Å²) in [6.07, 6.45) is 3.74. The summed E-state index contributed by atoms with van der Waals surface area (Å²) in [5, 5.41) is 10.2. The first-order valence-corrected chi connectivity index (χ1v) is 11.4. The van der Waals surface area contributed by atoms with Gasteiger partial charge in [-0.1, -0.05) is 42.1 Å². The molecule has 1 aromatic carbocycles. The number of H-pyrrole nitrogens is 1. The Morgan fingerprint density at radius 2 is 2.07 bits per heavy atom. The first-order chi connectivity index (χ1) is 14.7. The van der Waals surface area contributed by atoms with E-state index in [0.717, 1.165) is 32.3 Å². The molecule has 2 aromatic rings. The molecule has 2 fully saturated rings. The van der Waals surface area contributed by atoms with E-state index in [-0.39, 0.29) is 28.9 Å². The molecule has 1 amide bonds. The molecule has 8 nitrogen and oxygen atoms in total. The minimum atomic E-state index is -0.265. The average molecular weight is 433 g/mol. The van der Waals surface area contributed by atoms with Crippen LogP contribution in [0, 0.1) is 0 Å². The fourth-order valence-corrected chi connectivity index (χ4v) is 4.92. The largest absolute Gasteiger partial charge is 0.381 e. The Bertz CT molecular complexity index is 886. The Kier molecular flexibility index (Phi) is 6.91. The van der Waals surface area contributed by atoms with Crippen molar-refractivity contribution in [2.24, 2.45) is 0 Å². The van der Waals surface area contributed by atoms with E-state index < -0.39 is 0 Å². The van der Waals surface area contributed by atoms with Gasteiger partial charge in [0, 0.05) is 31.8 Å². The maximum atomic E-state index is 12.6. The van der Waals surface area contributed by atoms with Gasteiger partial charge in [0.15, 0.2) is 5.16 Å². The van der Waals surface area contributed by atoms with Gasteiger partial charge in [-0.3, -0.25) is 9.36 Å². The summed E-state index contributed by atoms with van der Waals surface area (Å²) < 4.78 is 12.7. The third-order valence-corrected chi connectivity index (χ3v) is 6.90. The van der Waals surface area contributed by atoms with Gasteiger partial charge in [0.25, 0.3) is 0 Å². The third kappa shape index (κ3) is 4.96. The molecule has 2 N–H and O–H groups in total. The van der Waals surface area contributed by atoms with Crippen LogP contribution in [0.15, 0.2) is 40.3 Å². The fraction of sp³-hybridized carbons (Fsp3) is 0.571. The Morgan fingerprint density at radius 3 is 2.80 bits per heavy atom. The first kappa shape index (κ1) is 21.1. The molecule has 0 spiro atoms. The molecule has 0 saturated carbocycles. The van der Waals surface area contributed by atoms with Gasteiger partial charge in [0.05, 0.1) is 18.4 Å². The standard InChI is InChI=1S/C21H28N4O4S/c26-18(14-30-20-24-23-19(27)25(20)13-17-7-4-10-29-17)22-15-21(8-11-28-12-9-21)16-5-2-1-3-6-16/h1-3,5-6,17H,4,7-15H2,(H,22,26)(H,23,27). The molecule has 1 atom stereocenters. The van der Waals surface area contributed by atoms with Gasteiger partial charge in [-0.25, -0.2) is 9.89 Å². The molecule has 1 aromatic heterocycles. The van der Waals surface area contributed by atoms with Crippen LogP contribution in [-0.4, -0.2) is 58.9 Å². The molecular formula is C21H28N4O4S. The number of hydrogen-bond donors (Lipinski definition) is 2. The molecule has 162 valence electrons. The van der Waals surface area contributed by atoms with Crippen molar-refractivity contribution in [3.63, 3.8) is 0 Å². The van der Waals surface area contributed by atoms with Gasteiger partial charge in [-0.15, -0.1) is 5.10 Å². The number of rotatable bonds is 8. The zero-order valence-electron chi connectivity index (χ0n) is 17.0. The molecule has 2 aliphatic rings. The second-order valence-electron chi connectivity index (χ2n) is 7.88. The van der Waals surface area contributed by atoms with E-state index in [1.807, 2.05) is 18.2 Å². The molecule has 0 radical (unpaired) electrons. The zero-order valence-corrected chi connectivity index (χ0v) is 17.8. The van der Waals surface area contributed by atoms with Gasteiger partial charge in [-0.05, 0) is 31.2 Å². The number of ether oxygens (including phenoxy) is 2. The number of aromatic nitrogens is 3. The van der Waals surface area contributed by atoms with Crippen LogP contribution in [0.3, 0.4) is 0 Å². The van der Waals surface area contributed by atoms with E-state index in [1.165, 1.54) is 17.3 Å². The number of amides is 1. The predicted octanol–water partition coefficient (Wildman–Crippen LogP) is 1.71. The van der Waals surface area contributed by atoms with Crippen LogP contribution in [-0.2, 0) is 26.2 Å². The van der Waals surface area contributed by atoms with Crippen LogP contribution >= 0.6 is 11.8 Å². The molecule has 2 aliphatic heterocycles. The summed E-state index contributed by atoms with van der Waals surface area (Å²) in [4.78, 5) is 24.6. The van der Waals surface area contributed by atoms with Gasteiger partial charge in [0.2, 0.25) is 5.91 Å². The van der Waals surface area contributed by atoms with E-state index in [1.54, 1.807) is 4.57 Å². The van der Waals surface area contributed by atoms with E-state index >= 15 is 0 Å². The lowest BCUT2D eigenvalue weighted by Crippen LogP contribution is -2.45. The summed E-state index contributed by atoms with van der Waals surface area (Å²) >= 11 is 1.27. The monoisotopic (exact) mass is 432 g/mol. The summed E-state index contributed by atoms with van der Waals surface area (Å²) in [5.74, 6) is 0.137. The third-order valence-electron chi connectivity index (χ3n) is 5.93. The lowest BCUT2D eigenvalue weighted by molar-refractivity contribution is -0.119. The van der Waals surface area contributed by atoms with Crippen LogP contribution in [0.25, 0.3) is 0 Å². The van der Waals surface area contributed by atoms with E-state index in [4.69, 9.17) is 9.47 Å². The Labute approximate surface area is 179 Å². The zero-order chi connectivity index (χ0) is 20.8. The highest BCUT2D eigenvalue weighted by Crippen LogP contribution is 2.34. The molecule has 3 heterocycles. The number of thioether (sulfide) groups is 1. The maximum Gasteiger partial charge on any atom is 0.344 e. The van der Waals surface area contributed by atoms with Crippen molar-refractivity contribution in [1.82, 2.24) is 20.1 Å². The summed E-state index contributed by atoms with van der Waals surface area (Å²) in [5.41, 5.74) is 0.867. The van der Waals surface area contributed by atoms with Crippen molar-refractivity contribution < 1.29 is 14.3 Å². The summed E-state index contributed by atoms with van der Waals surface area (Å²) in [7, 11) is 0. The highest BCUT2D eigenvalue weighted by Gasteiger charge is 2.34. The fourth-order valence-electron chi connectivity index (χ4n) is 4.14. The van der Waals surface area contributed by atoms with Gasteiger partial charge in [0.1, 0.15) is 0 Å². The molecule has 0 bridgehead atoms. The highest BCUT2D eigenvalue weighted by molar-refractivity contribution is 7.99. The van der Waals surface area contributed by atoms with Gasteiger partial charge < -0.3 is 14.8 Å². The summed E-state index contributed by atoms with van der Waals surface area (Å²) in [6.45, 7) is 3.17. The van der Waals surface area contributed by atoms with Crippen LogP contribution in [0.1, 0.15) is 31.2 Å². The lowest BCUT2D eigenvalue weighted by Gasteiger charge is -2.38. The first-order valence-electron chi connectivity index (χ1n) is 10.5. The Balaban J connectivity index is 1.34. The van der Waals surface area contributed by atoms with Crippen molar-refractivity contribution in [2.45, 2.75) is 48.9 Å². The number of nitrogens with one attached hydrogen (secondary N) is 2. The Hall–Kier alpha value is -2.10. The molecular weight excluding hydrogens is 404 g/mol. The number of hydrogen-bond acceptors (Lipinski definition) is 6. The molecule has 1 unspecified atom stereocenters. The number of carbonyl (C=O) groups is 1. The molecule has 30 heavy (non-hydrogen) atoms. The SMILES string of the molecule is O=C(CSc1n[nH]c(=O)n1CC1CCCO1)NCC1(c2ccccc2)CCOCC1. The van der Waals surface area contributed by atoms with E-state index in [9.17, 15) is 9.59 Å². The van der Waals surface area contributed by atoms with Crippen molar-refractivity contribution in [3.05, 3.63) is 46.4 Å². The van der Waals surface area contributed by atoms with Crippen molar-refractivity contribution in [1.29, 1.82) is 0 Å². The van der Waals surface area contributed by atoms with Crippen LogP contribution in [0.2, 0.25) is 0 Å². The average Bonchev–Trinajstić information content (AvgIpc) is 3.43. The lowest BCUT2D eigenvalue weighted by atomic mass is 9.74. The number of aromatic amines is 1. The number of carbonyl (C=O) groups excluding carboxylic acids is 1. The van der Waals surface area contributed by atoms with Gasteiger partial charge in [-0.2, -0.15) is 0 Å². The second-order valence-corrected chi connectivity index (χ2v) is 8.82. The smallest absolute Gasteiger partial charge is 0.344 e. The van der Waals surface area contributed by atoms with E-state index in [0.29, 0.717) is 31.5 Å². The predicted molar refractivity (Wildman–Crippen MR) is 114 cm³/mol. The summed E-state index contributed by atoms with van der Waals surface area (Å²) in [6, 6.07) is 10.3. The van der Waals surface area contributed by atoms with Crippen molar-refractivity contribution in [3.8, 4) is 0 Å². The maximum absolute atomic E-state index is 12.6. The number of nitrogens with zero attached hydrogens (tertiary/aromatic N) is 2. The van der Waals surface area contributed by atoms with Crippen molar-refractivity contribution >= 4 is 17.7 Å².